The molecule has 2 aromatic rings. The molecule has 5 nitrogen and oxygen atoms in total. The first kappa shape index (κ1) is 14.4. The van der Waals surface area contributed by atoms with Crippen LogP contribution in [0.5, 0.6) is 5.75 Å². The summed E-state index contributed by atoms with van der Waals surface area (Å²) in [7, 11) is 0. The molecule has 0 saturated heterocycles. The molecule has 0 unspecified atom stereocenters. The molecule has 1 N–H and O–H groups in total. The SMILES string of the molecule is O=C(O)/C=C/c1cc(Cl)cc(Cl)c1OCc1cnoc1. The smallest absolute Gasteiger partial charge is 0.328 e. The van der Waals surface area contributed by atoms with E-state index in [-0.39, 0.29) is 6.61 Å². The highest BCUT2D eigenvalue weighted by atomic mass is 35.5. The van der Waals surface area contributed by atoms with Crippen LogP contribution in [-0.4, -0.2) is 16.2 Å². The van der Waals surface area contributed by atoms with Gasteiger partial charge in [-0.3, -0.25) is 0 Å². The van der Waals surface area contributed by atoms with Crippen LogP contribution in [0.15, 0.2) is 35.2 Å². The van der Waals surface area contributed by atoms with E-state index in [4.69, 9.17) is 33.0 Å². The lowest BCUT2D eigenvalue weighted by Crippen LogP contribution is -1.97. The Hall–Kier alpha value is -1.98. The zero-order chi connectivity index (χ0) is 14.5. The Bertz CT molecular complexity index is 638. The second-order valence-electron chi connectivity index (χ2n) is 3.80. The Morgan fingerprint density at radius 3 is 2.90 bits per heavy atom. The third kappa shape index (κ3) is 3.76. The number of carboxylic acids is 1. The molecule has 0 spiro atoms. The van der Waals surface area contributed by atoms with Crippen LogP contribution in [0.1, 0.15) is 11.1 Å². The van der Waals surface area contributed by atoms with E-state index in [1.165, 1.54) is 24.6 Å². The molecule has 0 aliphatic carbocycles. The van der Waals surface area contributed by atoms with Crippen molar-refractivity contribution in [3.8, 4) is 5.75 Å². The number of ether oxygens (including phenoxy) is 1. The molecule has 0 radical (unpaired) electrons. The molecular formula is C13H9Cl2NO4. The second-order valence-corrected chi connectivity index (χ2v) is 4.64. The average molecular weight is 314 g/mol. The monoisotopic (exact) mass is 313 g/mol. The van der Waals surface area contributed by atoms with Crippen molar-refractivity contribution in [2.45, 2.75) is 6.61 Å². The summed E-state index contributed by atoms with van der Waals surface area (Å²) in [5.41, 5.74) is 1.20. The summed E-state index contributed by atoms with van der Waals surface area (Å²) in [6, 6.07) is 3.08. The first-order valence-electron chi connectivity index (χ1n) is 5.47. The van der Waals surface area contributed by atoms with Gasteiger partial charge in [0.15, 0.2) is 0 Å². The highest BCUT2D eigenvalue weighted by Gasteiger charge is 2.10. The van der Waals surface area contributed by atoms with Crippen molar-refractivity contribution in [1.82, 2.24) is 5.16 Å². The number of rotatable bonds is 5. The number of benzene rings is 1. The number of carboxylic acid groups (broad SMARTS) is 1. The molecule has 2 rings (SSSR count). The molecule has 0 bridgehead atoms. The summed E-state index contributed by atoms with van der Waals surface area (Å²) in [6.45, 7) is 0.193. The van der Waals surface area contributed by atoms with Crippen molar-refractivity contribution in [2.24, 2.45) is 0 Å². The van der Waals surface area contributed by atoms with Crippen LogP contribution < -0.4 is 4.74 Å². The minimum atomic E-state index is -1.08. The number of nitrogens with zero attached hydrogens (tertiary/aromatic N) is 1. The van der Waals surface area contributed by atoms with E-state index in [2.05, 4.69) is 9.68 Å². The quantitative estimate of drug-likeness (QED) is 0.853. The molecule has 1 heterocycles. The maximum atomic E-state index is 10.6. The van der Waals surface area contributed by atoms with Gasteiger partial charge in [0, 0.05) is 22.2 Å². The minimum absolute atomic E-state index is 0.193. The fourth-order valence-electron chi connectivity index (χ4n) is 1.47. The number of carbonyl (C=O) groups is 1. The number of aromatic nitrogens is 1. The van der Waals surface area contributed by atoms with E-state index in [9.17, 15) is 4.79 Å². The summed E-state index contributed by atoms with van der Waals surface area (Å²) in [4.78, 5) is 10.6. The molecule has 0 saturated carbocycles. The Morgan fingerprint density at radius 2 is 2.25 bits per heavy atom. The van der Waals surface area contributed by atoms with Gasteiger partial charge in [-0.15, -0.1) is 0 Å². The van der Waals surface area contributed by atoms with Gasteiger partial charge in [-0.05, 0) is 18.2 Å². The standard InChI is InChI=1S/C13H9Cl2NO4/c14-10-3-9(1-2-12(17)18)13(11(15)4-10)19-6-8-5-16-20-7-8/h1-5,7H,6H2,(H,17,18)/b2-1+. The summed E-state index contributed by atoms with van der Waals surface area (Å²) in [5.74, 6) is -0.735. The number of halogens is 2. The Morgan fingerprint density at radius 1 is 1.45 bits per heavy atom. The van der Waals surface area contributed by atoms with E-state index < -0.39 is 5.97 Å². The second kappa shape index (κ2) is 6.45. The Balaban J connectivity index is 2.27. The molecule has 104 valence electrons. The van der Waals surface area contributed by atoms with Crippen LogP contribution in [0.3, 0.4) is 0 Å². The predicted molar refractivity (Wildman–Crippen MR) is 74.0 cm³/mol. The summed E-state index contributed by atoms with van der Waals surface area (Å²) in [6.07, 6.45) is 5.30. The van der Waals surface area contributed by atoms with E-state index in [1.54, 1.807) is 6.07 Å². The zero-order valence-electron chi connectivity index (χ0n) is 10.0. The third-order valence-electron chi connectivity index (χ3n) is 2.31. The highest BCUT2D eigenvalue weighted by molar-refractivity contribution is 6.35. The molecular weight excluding hydrogens is 305 g/mol. The van der Waals surface area contributed by atoms with Crippen LogP contribution in [0.25, 0.3) is 6.08 Å². The number of hydrogen-bond donors (Lipinski definition) is 1. The fourth-order valence-corrected chi connectivity index (χ4v) is 2.03. The van der Waals surface area contributed by atoms with Gasteiger partial charge in [0.25, 0.3) is 0 Å². The van der Waals surface area contributed by atoms with Crippen LogP contribution in [0.2, 0.25) is 10.0 Å². The first-order chi connectivity index (χ1) is 9.56. The maximum Gasteiger partial charge on any atom is 0.328 e. The van der Waals surface area contributed by atoms with Gasteiger partial charge in [0.1, 0.15) is 18.6 Å². The van der Waals surface area contributed by atoms with Crippen molar-refractivity contribution in [3.63, 3.8) is 0 Å². The Kier molecular flexibility index (Phi) is 4.65. The summed E-state index contributed by atoms with van der Waals surface area (Å²) >= 11 is 12.0. The molecule has 7 heteroatoms. The normalized spacial score (nSPS) is 10.9. The first-order valence-corrected chi connectivity index (χ1v) is 6.23. The molecule has 0 amide bonds. The maximum absolute atomic E-state index is 10.6. The van der Waals surface area contributed by atoms with Crippen molar-refractivity contribution < 1.29 is 19.2 Å². The predicted octanol–water partition coefficient (Wildman–Crippen LogP) is 3.66. The van der Waals surface area contributed by atoms with Crippen molar-refractivity contribution in [2.75, 3.05) is 0 Å². The zero-order valence-corrected chi connectivity index (χ0v) is 11.6. The van der Waals surface area contributed by atoms with Gasteiger partial charge < -0.3 is 14.4 Å². The lowest BCUT2D eigenvalue weighted by molar-refractivity contribution is -0.131. The minimum Gasteiger partial charge on any atom is -0.487 e. The van der Waals surface area contributed by atoms with Gasteiger partial charge in [-0.25, -0.2) is 4.79 Å². The molecule has 1 aromatic carbocycles. The molecule has 1 aromatic heterocycles. The van der Waals surface area contributed by atoms with Crippen LogP contribution in [0.4, 0.5) is 0 Å². The van der Waals surface area contributed by atoms with Crippen molar-refractivity contribution >= 4 is 35.2 Å². The van der Waals surface area contributed by atoms with E-state index in [0.29, 0.717) is 21.4 Å². The molecule has 0 atom stereocenters. The molecule has 20 heavy (non-hydrogen) atoms. The van der Waals surface area contributed by atoms with Crippen molar-refractivity contribution in [1.29, 1.82) is 0 Å². The van der Waals surface area contributed by atoms with Gasteiger partial charge in [-0.2, -0.15) is 0 Å². The fraction of sp³-hybridized carbons (Fsp3) is 0.0769. The molecule has 0 aliphatic heterocycles. The van der Waals surface area contributed by atoms with Crippen LogP contribution in [-0.2, 0) is 11.4 Å². The van der Waals surface area contributed by atoms with Crippen molar-refractivity contribution in [3.05, 3.63) is 51.8 Å². The van der Waals surface area contributed by atoms with Gasteiger partial charge in [0.2, 0.25) is 0 Å². The largest absolute Gasteiger partial charge is 0.487 e. The number of aliphatic carboxylic acids is 1. The Labute approximate surface area is 124 Å². The summed E-state index contributed by atoms with van der Waals surface area (Å²) < 4.78 is 10.3. The molecule has 0 fully saturated rings. The summed E-state index contributed by atoms with van der Waals surface area (Å²) in [5, 5.41) is 12.9. The van der Waals surface area contributed by atoms with E-state index in [1.807, 2.05) is 0 Å². The third-order valence-corrected chi connectivity index (χ3v) is 2.81. The highest BCUT2D eigenvalue weighted by Crippen LogP contribution is 2.33. The van der Waals surface area contributed by atoms with E-state index in [0.717, 1.165) is 11.6 Å². The lowest BCUT2D eigenvalue weighted by atomic mass is 10.2. The van der Waals surface area contributed by atoms with Crippen LogP contribution in [0, 0.1) is 0 Å². The van der Waals surface area contributed by atoms with Crippen LogP contribution >= 0.6 is 23.2 Å². The van der Waals surface area contributed by atoms with Gasteiger partial charge in [0.05, 0.1) is 11.2 Å². The van der Waals surface area contributed by atoms with E-state index >= 15 is 0 Å². The topological polar surface area (TPSA) is 72.6 Å². The average Bonchev–Trinajstić information content (AvgIpc) is 2.88. The number of hydrogen-bond acceptors (Lipinski definition) is 4. The molecule has 0 aliphatic rings. The van der Waals surface area contributed by atoms with Gasteiger partial charge >= 0.3 is 5.97 Å². The lowest BCUT2D eigenvalue weighted by Gasteiger charge is -2.10. The van der Waals surface area contributed by atoms with Gasteiger partial charge in [-0.1, -0.05) is 28.4 Å².